The molecule has 4 heteroatoms. The number of aliphatic hydroxyl groups is 1. The number of piperidine rings is 1. The monoisotopic (exact) mass is 254 g/mol. The summed E-state index contributed by atoms with van der Waals surface area (Å²) in [5, 5.41) is 16.1. The summed E-state index contributed by atoms with van der Waals surface area (Å²) in [6.07, 6.45) is 7.32. The maximum absolute atomic E-state index is 12.3. The molecule has 104 valence electrons. The first-order valence-electron chi connectivity index (χ1n) is 7.31. The van der Waals surface area contributed by atoms with Crippen molar-refractivity contribution < 1.29 is 9.90 Å². The Morgan fingerprint density at radius 1 is 1.39 bits per heavy atom. The topological polar surface area (TPSA) is 61.4 Å². The molecule has 1 saturated heterocycles. The molecule has 2 unspecified atom stereocenters. The van der Waals surface area contributed by atoms with Gasteiger partial charge in [-0.2, -0.15) is 0 Å². The Bertz CT molecular complexity index is 290. The molecule has 3 atom stereocenters. The first-order valence-corrected chi connectivity index (χ1v) is 7.31. The number of rotatable bonds is 3. The lowest BCUT2D eigenvalue weighted by atomic mass is 9.76. The fourth-order valence-electron chi connectivity index (χ4n) is 3.38. The van der Waals surface area contributed by atoms with Crippen molar-refractivity contribution in [1.29, 1.82) is 0 Å². The molecule has 0 aromatic rings. The molecular weight excluding hydrogens is 228 g/mol. The number of hydrogen-bond acceptors (Lipinski definition) is 3. The highest BCUT2D eigenvalue weighted by Crippen LogP contribution is 2.32. The zero-order valence-corrected chi connectivity index (χ0v) is 11.4. The highest BCUT2D eigenvalue weighted by molar-refractivity contribution is 5.82. The second-order valence-corrected chi connectivity index (χ2v) is 6.13. The van der Waals surface area contributed by atoms with Crippen LogP contribution in [0.2, 0.25) is 0 Å². The van der Waals surface area contributed by atoms with Gasteiger partial charge in [0.25, 0.3) is 0 Å². The van der Waals surface area contributed by atoms with Gasteiger partial charge in [-0.3, -0.25) is 4.79 Å². The highest BCUT2D eigenvalue weighted by atomic mass is 16.3. The van der Waals surface area contributed by atoms with E-state index in [0.717, 1.165) is 45.1 Å². The number of amides is 1. The molecule has 2 rings (SSSR count). The van der Waals surface area contributed by atoms with E-state index in [1.807, 2.05) is 0 Å². The molecule has 1 heterocycles. The van der Waals surface area contributed by atoms with Crippen LogP contribution >= 0.6 is 0 Å². The quantitative estimate of drug-likeness (QED) is 0.709. The molecule has 0 aromatic carbocycles. The predicted octanol–water partition coefficient (Wildman–Crippen LogP) is 1.19. The molecule has 0 bridgehead atoms. The van der Waals surface area contributed by atoms with Gasteiger partial charge in [-0.25, -0.2) is 0 Å². The Hall–Kier alpha value is -0.610. The summed E-state index contributed by atoms with van der Waals surface area (Å²) >= 11 is 0. The Morgan fingerprint density at radius 3 is 2.83 bits per heavy atom. The fraction of sp³-hybridized carbons (Fsp3) is 0.929. The van der Waals surface area contributed by atoms with Gasteiger partial charge in [0.1, 0.15) is 0 Å². The third kappa shape index (κ3) is 3.23. The van der Waals surface area contributed by atoms with Crippen LogP contribution in [0, 0.1) is 5.92 Å². The van der Waals surface area contributed by atoms with Crippen molar-refractivity contribution in [3.05, 3.63) is 0 Å². The fourth-order valence-corrected chi connectivity index (χ4v) is 3.38. The average molecular weight is 254 g/mol. The molecule has 18 heavy (non-hydrogen) atoms. The minimum absolute atomic E-state index is 0.0561. The van der Waals surface area contributed by atoms with Crippen LogP contribution in [0.25, 0.3) is 0 Å². The van der Waals surface area contributed by atoms with E-state index in [1.165, 1.54) is 6.42 Å². The van der Waals surface area contributed by atoms with Gasteiger partial charge in [-0.15, -0.1) is 0 Å². The van der Waals surface area contributed by atoms with Crippen LogP contribution in [-0.2, 0) is 4.79 Å². The SMILES string of the molecule is CC1CCCC(CO)(NC(=O)[C@@H]2CCCCN2)C1. The molecular formula is C14H26N2O2. The molecule has 0 aromatic heterocycles. The van der Waals surface area contributed by atoms with Gasteiger partial charge in [0, 0.05) is 0 Å². The van der Waals surface area contributed by atoms with E-state index < -0.39 is 0 Å². The molecule has 1 aliphatic carbocycles. The van der Waals surface area contributed by atoms with Gasteiger partial charge in [0.05, 0.1) is 18.2 Å². The van der Waals surface area contributed by atoms with E-state index in [4.69, 9.17) is 0 Å². The Labute approximate surface area is 110 Å². The second-order valence-electron chi connectivity index (χ2n) is 6.13. The third-order valence-electron chi connectivity index (χ3n) is 4.41. The van der Waals surface area contributed by atoms with Gasteiger partial charge in [-0.1, -0.05) is 26.2 Å². The summed E-state index contributed by atoms with van der Waals surface area (Å²) in [5.41, 5.74) is -0.367. The second kappa shape index (κ2) is 6.02. The van der Waals surface area contributed by atoms with E-state index in [-0.39, 0.29) is 24.1 Å². The van der Waals surface area contributed by atoms with Crippen molar-refractivity contribution in [2.75, 3.05) is 13.2 Å². The molecule has 1 aliphatic heterocycles. The van der Waals surface area contributed by atoms with Gasteiger partial charge >= 0.3 is 0 Å². The molecule has 2 fully saturated rings. The largest absolute Gasteiger partial charge is 0.394 e. The van der Waals surface area contributed by atoms with Crippen LogP contribution in [0.4, 0.5) is 0 Å². The predicted molar refractivity (Wildman–Crippen MR) is 71.2 cm³/mol. The van der Waals surface area contributed by atoms with Crippen molar-refractivity contribution in [2.45, 2.75) is 63.5 Å². The molecule has 2 aliphatic rings. The van der Waals surface area contributed by atoms with Crippen LogP contribution in [0.5, 0.6) is 0 Å². The summed E-state index contributed by atoms with van der Waals surface area (Å²) in [6, 6.07) is -0.0561. The number of carbonyl (C=O) groups excluding carboxylic acids is 1. The normalized spacial score (nSPS) is 37.2. The van der Waals surface area contributed by atoms with E-state index in [1.54, 1.807) is 0 Å². The Morgan fingerprint density at radius 2 is 2.22 bits per heavy atom. The Kier molecular flexibility index (Phi) is 4.62. The van der Waals surface area contributed by atoms with Crippen molar-refractivity contribution >= 4 is 5.91 Å². The molecule has 1 amide bonds. The summed E-state index contributed by atoms with van der Waals surface area (Å²) in [7, 11) is 0. The minimum atomic E-state index is -0.367. The minimum Gasteiger partial charge on any atom is -0.394 e. The molecule has 4 nitrogen and oxygen atoms in total. The van der Waals surface area contributed by atoms with Crippen LogP contribution in [0.15, 0.2) is 0 Å². The lowest BCUT2D eigenvalue weighted by molar-refractivity contribution is -0.127. The lowest BCUT2D eigenvalue weighted by Gasteiger charge is -2.40. The van der Waals surface area contributed by atoms with E-state index >= 15 is 0 Å². The van der Waals surface area contributed by atoms with Crippen molar-refractivity contribution in [3.63, 3.8) is 0 Å². The van der Waals surface area contributed by atoms with E-state index in [2.05, 4.69) is 17.6 Å². The number of hydrogen-bond donors (Lipinski definition) is 3. The third-order valence-corrected chi connectivity index (χ3v) is 4.41. The van der Waals surface area contributed by atoms with Crippen molar-refractivity contribution in [1.82, 2.24) is 10.6 Å². The summed E-state index contributed by atoms with van der Waals surface area (Å²) < 4.78 is 0. The first kappa shape index (κ1) is 13.8. The summed E-state index contributed by atoms with van der Waals surface area (Å²) in [5.74, 6) is 0.670. The summed E-state index contributed by atoms with van der Waals surface area (Å²) in [4.78, 5) is 12.3. The van der Waals surface area contributed by atoms with Crippen LogP contribution in [0.3, 0.4) is 0 Å². The van der Waals surface area contributed by atoms with Crippen molar-refractivity contribution in [2.24, 2.45) is 5.92 Å². The maximum Gasteiger partial charge on any atom is 0.237 e. The Balaban J connectivity index is 1.94. The molecule has 0 spiro atoms. The zero-order chi connectivity index (χ0) is 13.0. The lowest BCUT2D eigenvalue weighted by Crippen LogP contribution is -2.58. The zero-order valence-electron chi connectivity index (χ0n) is 11.4. The van der Waals surface area contributed by atoms with Crippen LogP contribution in [0.1, 0.15) is 51.9 Å². The molecule has 1 saturated carbocycles. The van der Waals surface area contributed by atoms with Crippen molar-refractivity contribution in [3.8, 4) is 0 Å². The van der Waals surface area contributed by atoms with E-state index in [0.29, 0.717) is 5.92 Å². The molecule has 0 radical (unpaired) electrons. The number of carbonyl (C=O) groups is 1. The smallest absolute Gasteiger partial charge is 0.237 e. The highest BCUT2D eigenvalue weighted by Gasteiger charge is 2.37. The van der Waals surface area contributed by atoms with E-state index in [9.17, 15) is 9.90 Å². The van der Waals surface area contributed by atoms with Gasteiger partial charge in [0.2, 0.25) is 5.91 Å². The van der Waals surface area contributed by atoms with Crippen LogP contribution in [-0.4, -0.2) is 35.7 Å². The average Bonchev–Trinajstić information content (AvgIpc) is 2.39. The maximum atomic E-state index is 12.3. The van der Waals surface area contributed by atoms with Gasteiger partial charge in [0.15, 0.2) is 0 Å². The number of nitrogens with one attached hydrogen (secondary N) is 2. The molecule has 3 N–H and O–H groups in total. The summed E-state index contributed by atoms with van der Waals surface area (Å²) in [6.45, 7) is 3.20. The standard InChI is InChI=1S/C14H26N2O2/c1-11-5-4-7-14(9-11,10-17)16-13(18)12-6-2-3-8-15-12/h11-12,15,17H,2-10H2,1H3,(H,16,18)/t11?,12-,14?/m0/s1. The number of aliphatic hydroxyl groups excluding tert-OH is 1. The van der Waals surface area contributed by atoms with Gasteiger partial charge < -0.3 is 15.7 Å². The first-order chi connectivity index (χ1) is 8.65. The van der Waals surface area contributed by atoms with Crippen LogP contribution < -0.4 is 10.6 Å². The van der Waals surface area contributed by atoms with Gasteiger partial charge in [-0.05, 0) is 38.1 Å².